The van der Waals surface area contributed by atoms with Gasteiger partial charge in [0, 0.05) is 12.0 Å². The second-order valence-corrected chi connectivity index (χ2v) is 5.73. The molecule has 0 aliphatic carbocycles. The average molecular weight is 223 g/mol. The van der Waals surface area contributed by atoms with E-state index in [4.69, 9.17) is 4.52 Å². The Labute approximate surface area is 96.8 Å². The fourth-order valence-electron chi connectivity index (χ4n) is 2.12. The molecule has 90 valence electrons. The molecule has 1 aromatic heterocycles. The minimum atomic E-state index is -0.0390. The first-order chi connectivity index (χ1) is 7.48. The van der Waals surface area contributed by atoms with Crippen LogP contribution in [0, 0.1) is 0 Å². The van der Waals surface area contributed by atoms with Gasteiger partial charge in [-0.15, -0.1) is 0 Å². The summed E-state index contributed by atoms with van der Waals surface area (Å²) < 4.78 is 5.47. The average Bonchev–Trinajstić information content (AvgIpc) is 2.86. The molecular formula is C12H21N3O. The van der Waals surface area contributed by atoms with Crippen LogP contribution in [-0.2, 0) is 10.8 Å². The van der Waals surface area contributed by atoms with E-state index in [-0.39, 0.29) is 10.8 Å². The van der Waals surface area contributed by atoms with E-state index in [2.05, 4.69) is 43.2 Å². The van der Waals surface area contributed by atoms with Gasteiger partial charge in [-0.2, -0.15) is 4.98 Å². The quantitative estimate of drug-likeness (QED) is 0.833. The zero-order chi connectivity index (χ0) is 11.8. The number of rotatable bonds is 2. The molecule has 1 aliphatic heterocycles. The first-order valence-corrected chi connectivity index (χ1v) is 6.03. The van der Waals surface area contributed by atoms with E-state index >= 15 is 0 Å². The summed E-state index contributed by atoms with van der Waals surface area (Å²) in [4.78, 5) is 4.59. The number of nitrogens with zero attached hydrogens (tertiary/aromatic N) is 2. The topological polar surface area (TPSA) is 51.0 Å². The molecule has 1 aromatic rings. The second kappa shape index (κ2) is 3.84. The Morgan fingerprint density at radius 2 is 2.19 bits per heavy atom. The van der Waals surface area contributed by atoms with Crippen molar-refractivity contribution in [2.45, 2.75) is 51.4 Å². The summed E-state index contributed by atoms with van der Waals surface area (Å²) >= 11 is 0. The van der Waals surface area contributed by atoms with Crippen molar-refractivity contribution in [1.29, 1.82) is 0 Å². The zero-order valence-corrected chi connectivity index (χ0v) is 10.6. The second-order valence-electron chi connectivity index (χ2n) is 5.73. The van der Waals surface area contributed by atoms with Gasteiger partial charge >= 0.3 is 0 Å². The van der Waals surface area contributed by atoms with Crippen molar-refractivity contribution in [1.82, 2.24) is 15.5 Å². The van der Waals surface area contributed by atoms with Crippen LogP contribution in [0.3, 0.4) is 0 Å². The molecule has 0 radical (unpaired) electrons. The lowest BCUT2D eigenvalue weighted by atomic mass is 9.84. The van der Waals surface area contributed by atoms with Crippen molar-refractivity contribution >= 4 is 0 Å². The van der Waals surface area contributed by atoms with Crippen LogP contribution in [0.1, 0.15) is 52.3 Å². The first-order valence-electron chi connectivity index (χ1n) is 6.03. The summed E-state index contributed by atoms with van der Waals surface area (Å²) in [6.45, 7) is 10.5. The highest BCUT2D eigenvalue weighted by Crippen LogP contribution is 2.33. The minimum absolute atomic E-state index is 0.0390. The highest BCUT2D eigenvalue weighted by atomic mass is 16.5. The third-order valence-corrected chi connectivity index (χ3v) is 3.47. The Morgan fingerprint density at radius 3 is 2.62 bits per heavy atom. The van der Waals surface area contributed by atoms with Gasteiger partial charge in [0.1, 0.15) is 0 Å². The fraction of sp³-hybridized carbons (Fsp3) is 0.833. The van der Waals surface area contributed by atoms with Crippen molar-refractivity contribution in [2.24, 2.45) is 0 Å². The summed E-state index contributed by atoms with van der Waals surface area (Å²) in [6, 6.07) is 0. The van der Waals surface area contributed by atoms with Crippen LogP contribution in [0.4, 0.5) is 0 Å². The van der Waals surface area contributed by atoms with Gasteiger partial charge in [0.15, 0.2) is 5.82 Å². The number of nitrogens with one attached hydrogen (secondary N) is 1. The molecule has 0 amide bonds. The summed E-state index contributed by atoms with van der Waals surface area (Å²) in [7, 11) is 0. The highest BCUT2D eigenvalue weighted by Gasteiger charge is 2.40. The van der Waals surface area contributed by atoms with E-state index in [1.54, 1.807) is 0 Å². The van der Waals surface area contributed by atoms with Gasteiger partial charge in [-0.25, -0.2) is 0 Å². The molecule has 0 spiro atoms. The van der Waals surface area contributed by atoms with Gasteiger partial charge in [0.2, 0.25) is 5.89 Å². The molecule has 1 unspecified atom stereocenters. The maximum atomic E-state index is 5.47. The molecule has 1 N–H and O–H groups in total. The molecule has 4 nitrogen and oxygen atoms in total. The third-order valence-electron chi connectivity index (χ3n) is 3.47. The maximum Gasteiger partial charge on any atom is 0.234 e. The predicted octanol–water partition coefficient (Wildman–Crippen LogP) is 2.01. The molecule has 0 aromatic carbocycles. The van der Waals surface area contributed by atoms with Crippen molar-refractivity contribution in [2.75, 3.05) is 13.1 Å². The Hall–Kier alpha value is -0.900. The molecule has 0 bridgehead atoms. The molecule has 1 saturated heterocycles. The van der Waals surface area contributed by atoms with Crippen LogP contribution in [0.15, 0.2) is 4.52 Å². The fourth-order valence-corrected chi connectivity index (χ4v) is 2.12. The van der Waals surface area contributed by atoms with Crippen molar-refractivity contribution in [3.05, 3.63) is 11.7 Å². The molecule has 2 heterocycles. The third kappa shape index (κ3) is 1.86. The van der Waals surface area contributed by atoms with E-state index in [0.29, 0.717) is 0 Å². The Balaban J connectivity index is 2.30. The van der Waals surface area contributed by atoms with Crippen LogP contribution in [0.2, 0.25) is 0 Å². The molecule has 1 fully saturated rings. The first kappa shape index (κ1) is 11.6. The van der Waals surface area contributed by atoms with Crippen molar-refractivity contribution in [3.63, 3.8) is 0 Å². The molecule has 1 aliphatic rings. The van der Waals surface area contributed by atoms with Crippen LogP contribution in [0.25, 0.3) is 0 Å². The molecule has 0 saturated carbocycles. The molecule has 2 rings (SSSR count). The predicted molar refractivity (Wildman–Crippen MR) is 62.5 cm³/mol. The van der Waals surface area contributed by atoms with Crippen LogP contribution in [0.5, 0.6) is 0 Å². The highest BCUT2D eigenvalue weighted by molar-refractivity contribution is 5.11. The summed E-state index contributed by atoms with van der Waals surface area (Å²) in [6.07, 6.45) is 2.14. The maximum absolute atomic E-state index is 5.47. The summed E-state index contributed by atoms with van der Waals surface area (Å²) in [5.41, 5.74) is 0.0270. The monoisotopic (exact) mass is 223 g/mol. The lowest BCUT2D eigenvalue weighted by molar-refractivity contribution is 0.281. The summed E-state index contributed by atoms with van der Waals surface area (Å²) in [5, 5.41) is 7.49. The zero-order valence-electron chi connectivity index (χ0n) is 10.6. The molecule has 1 atom stereocenters. The lowest BCUT2D eigenvalue weighted by Crippen LogP contribution is -2.28. The van der Waals surface area contributed by atoms with E-state index in [1.807, 2.05) is 0 Å². The van der Waals surface area contributed by atoms with Gasteiger partial charge in [-0.1, -0.05) is 32.9 Å². The normalized spacial score (nSPS) is 26.2. The lowest BCUT2D eigenvalue weighted by Gasteiger charge is -2.21. The minimum Gasteiger partial charge on any atom is -0.339 e. The van der Waals surface area contributed by atoms with E-state index in [0.717, 1.165) is 37.6 Å². The van der Waals surface area contributed by atoms with Crippen LogP contribution >= 0.6 is 0 Å². The smallest absolute Gasteiger partial charge is 0.234 e. The Bertz CT molecular complexity index is 359. The summed E-state index contributed by atoms with van der Waals surface area (Å²) in [5.74, 6) is 1.62. The number of hydrogen-bond acceptors (Lipinski definition) is 4. The van der Waals surface area contributed by atoms with Gasteiger partial charge in [-0.05, 0) is 19.4 Å². The van der Waals surface area contributed by atoms with Gasteiger partial charge < -0.3 is 9.84 Å². The van der Waals surface area contributed by atoms with E-state index in [1.165, 1.54) is 0 Å². The van der Waals surface area contributed by atoms with E-state index in [9.17, 15) is 0 Å². The Morgan fingerprint density at radius 1 is 1.44 bits per heavy atom. The van der Waals surface area contributed by atoms with Crippen molar-refractivity contribution in [3.8, 4) is 0 Å². The van der Waals surface area contributed by atoms with Crippen LogP contribution < -0.4 is 5.32 Å². The Kier molecular flexibility index (Phi) is 2.78. The molecular weight excluding hydrogens is 202 g/mol. The standard InChI is InChI=1S/C12H21N3O/c1-5-12(6-7-13-8-12)10-14-9(15-16-10)11(2,3)4/h13H,5-8H2,1-4H3. The van der Waals surface area contributed by atoms with Gasteiger partial charge in [0.05, 0.1) is 5.41 Å². The SMILES string of the molecule is CCC1(c2nc(C(C)(C)C)no2)CCNC1. The largest absolute Gasteiger partial charge is 0.339 e. The number of hydrogen-bond donors (Lipinski definition) is 1. The van der Waals surface area contributed by atoms with E-state index < -0.39 is 0 Å². The van der Waals surface area contributed by atoms with Gasteiger partial charge in [0.25, 0.3) is 0 Å². The van der Waals surface area contributed by atoms with Crippen LogP contribution in [-0.4, -0.2) is 23.2 Å². The number of aromatic nitrogens is 2. The molecule has 16 heavy (non-hydrogen) atoms. The molecule has 4 heteroatoms. The van der Waals surface area contributed by atoms with Crippen molar-refractivity contribution < 1.29 is 4.52 Å². The van der Waals surface area contributed by atoms with Gasteiger partial charge in [-0.3, -0.25) is 0 Å².